The fraction of sp³-hybridized carbons (Fsp3) is 0.278. The van der Waals surface area contributed by atoms with Crippen LogP contribution in [0, 0.1) is 5.82 Å². The summed E-state index contributed by atoms with van der Waals surface area (Å²) in [6, 6.07) is 10.8. The van der Waals surface area contributed by atoms with Crippen molar-refractivity contribution in [2.75, 3.05) is 32.2 Å². The van der Waals surface area contributed by atoms with E-state index in [2.05, 4.69) is 10.6 Å². The van der Waals surface area contributed by atoms with Gasteiger partial charge >= 0.3 is 0 Å². The number of amides is 1. The molecule has 1 heterocycles. The van der Waals surface area contributed by atoms with Crippen LogP contribution in [0.4, 0.5) is 10.1 Å². The van der Waals surface area contributed by atoms with Crippen LogP contribution in [-0.4, -0.2) is 38.8 Å². The number of halogens is 1. The first-order valence-corrected chi connectivity index (χ1v) is 7.90. The van der Waals surface area contributed by atoms with Gasteiger partial charge in [-0.1, -0.05) is 12.1 Å². The molecule has 0 aromatic heterocycles. The van der Waals surface area contributed by atoms with E-state index in [4.69, 9.17) is 14.2 Å². The number of carbonyl (C=O) groups is 1. The summed E-state index contributed by atoms with van der Waals surface area (Å²) in [4.78, 5) is 12.1. The number of morpholine rings is 1. The molecule has 1 fully saturated rings. The number of carbonyl (C=O) groups excluding carboxylic acids is 1. The molecular formula is C18H19FN2O4. The third-order valence-electron chi connectivity index (χ3n) is 3.73. The van der Waals surface area contributed by atoms with Gasteiger partial charge in [-0.2, -0.15) is 0 Å². The summed E-state index contributed by atoms with van der Waals surface area (Å²) in [6.07, 6.45) is 0. The summed E-state index contributed by atoms with van der Waals surface area (Å²) < 4.78 is 30.3. The van der Waals surface area contributed by atoms with Gasteiger partial charge in [-0.25, -0.2) is 4.39 Å². The van der Waals surface area contributed by atoms with Crippen LogP contribution in [0.5, 0.6) is 17.2 Å². The summed E-state index contributed by atoms with van der Waals surface area (Å²) >= 11 is 0. The third kappa shape index (κ3) is 4.26. The molecule has 1 atom stereocenters. The molecule has 0 aliphatic carbocycles. The van der Waals surface area contributed by atoms with Crippen LogP contribution in [0.25, 0.3) is 0 Å². The maximum Gasteiger partial charge on any atom is 0.243 e. The van der Waals surface area contributed by atoms with E-state index >= 15 is 0 Å². The molecule has 0 radical (unpaired) electrons. The van der Waals surface area contributed by atoms with Gasteiger partial charge < -0.3 is 24.8 Å². The van der Waals surface area contributed by atoms with Crippen molar-refractivity contribution in [2.24, 2.45) is 0 Å². The highest BCUT2D eigenvalue weighted by Gasteiger charge is 2.21. The molecule has 6 nitrogen and oxygen atoms in total. The van der Waals surface area contributed by atoms with Crippen LogP contribution in [0.3, 0.4) is 0 Å². The van der Waals surface area contributed by atoms with Crippen LogP contribution in [-0.2, 0) is 9.53 Å². The molecule has 132 valence electrons. The first-order chi connectivity index (χ1) is 12.2. The van der Waals surface area contributed by atoms with Crippen molar-refractivity contribution in [3.63, 3.8) is 0 Å². The zero-order chi connectivity index (χ0) is 17.6. The molecule has 7 heteroatoms. The van der Waals surface area contributed by atoms with Crippen molar-refractivity contribution >= 4 is 11.6 Å². The van der Waals surface area contributed by atoms with E-state index in [0.29, 0.717) is 36.9 Å². The van der Waals surface area contributed by atoms with E-state index in [-0.39, 0.29) is 11.7 Å². The fourth-order valence-corrected chi connectivity index (χ4v) is 2.45. The van der Waals surface area contributed by atoms with Crippen LogP contribution < -0.4 is 20.1 Å². The summed E-state index contributed by atoms with van der Waals surface area (Å²) in [5, 5.41) is 5.71. The van der Waals surface area contributed by atoms with Gasteiger partial charge in [0.25, 0.3) is 0 Å². The molecule has 0 bridgehead atoms. The molecule has 0 saturated carbocycles. The Morgan fingerprint density at radius 2 is 2.04 bits per heavy atom. The topological polar surface area (TPSA) is 68.8 Å². The number of methoxy groups -OCH3 is 1. The Bertz CT molecular complexity index is 748. The lowest BCUT2D eigenvalue weighted by Gasteiger charge is -2.23. The molecule has 1 unspecified atom stereocenters. The predicted molar refractivity (Wildman–Crippen MR) is 90.7 cm³/mol. The fourth-order valence-electron chi connectivity index (χ4n) is 2.45. The van der Waals surface area contributed by atoms with E-state index < -0.39 is 11.9 Å². The predicted octanol–water partition coefficient (Wildman–Crippen LogP) is 2.55. The van der Waals surface area contributed by atoms with Gasteiger partial charge in [0.1, 0.15) is 6.04 Å². The Labute approximate surface area is 144 Å². The van der Waals surface area contributed by atoms with Gasteiger partial charge in [-0.3, -0.25) is 4.79 Å². The lowest BCUT2D eigenvalue weighted by Crippen LogP contribution is -2.48. The lowest BCUT2D eigenvalue weighted by atomic mass is 10.2. The van der Waals surface area contributed by atoms with E-state index in [0.717, 1.165) is 0 Å². The van der Waals surface area contributed by atoms with E-state index in [1.54, 1.807) is 30.3 Å². The second-order valence-corrected chi connectivity index (χ2v) is 5.47. The lowest BCUT2D eigenvalue weighted by molar-refractivity contribution is -0.120. The van der Waals surface area contributed by atoms with Crippen molar-refractivity contribution < 1.29 is 23.4 Å². The van der Waals surface area contributed by atoms with Crippen molar-refractivity contribution in [3.05, 3.63) is 48.3 Å². The smallest absolute Gasteiger partial charge is 0.243 e. The first-order valence-electron chi connectivity index (χ1n) is 7.90. The number of anilines is 1. The number of hydrogen-bond donors (Lipinski definition) is 2. The summed E-state index contributed by atoms with van der Waals surface area (Å²) in [5.41, 5.74) is 0.349. The molecule has 2 aromatic rings. The highest BCUT2D eigenvalue weighted by molar-refractivity contribution is 5.95. The van der Waals surface area contributed by atoms with Crippen molar-refractivity contribution in [3.8, 4) is 17.2 Å². The van der Waals surface area contributed by atoms with Gasteiger partial charge in [0.15, 0.2) is 23.1 Å². The second-order valence-electron chi connectivity index (χ2n) is 5.47. The molecule has 1 amide bonds. The number of para-hydroxylation sites is 2. The Kier molecular flexibility index (Phi) is 5.47. The highest BCUT2D eigenvalue weighted by Crippen LogP contribution is 2.33. The van der Waals surface area contributed by atoms with Crippen molar-refractivity contribution in [1.82, 2.24) is 5.32 Å². The molecule has 3 rings (SSSR count). The first kappa shape index (κ1) is 17.2. The molecule has 2 aromatic carbocycles. The molecule has 1 aliphatic rings. The maximum absolute atomic E-state index is 14.3. The summed E-state index contributed by atoms with van der Waals surface area (Å²) in [6.45, 7) is 1.48. The molecule has 0 spiro atoms. The molecule has 2 N–H and O–H groups in total. The Morgan fingerprint density at radius 3 is 2.72 bits per heavy atom. The standard InChI is InChI=1S/C18H19FN2O4/c1-23-16-4-2-3-5-17(16)25-15-7-6-12(10-13(15)19)21-18(22)14-11-24-9-8-20-14/h2-7,10,14,20H,8-9,11H2,1H3,(H,21,22). The van der Waals surface area contributed by atoms with E-state index in [1.165, 1.54) is 19.2 Å². The van der Waals surface area contributed by atoms with Crippen LogP contribution in [0.15, 0.2) is 42.5 Å². The minimum atomic E-state index is -0.587. The molecule has 25 heavy (non-hydrogen) atoms. The van der Waals surface area contributed by atoms with Gasteiger partial charge in [-0.05, 0) is 24.3 Å². The summed E-state index contributed by atoms with van der Waals surface area (Å²) in [5.74, 6) is 0.0996. The number of hydrogen-bond acceptors (Lipinski definition) is 5. The van der Waals surface area contributed by atoms with Gasteiger partial charge in [0.05, 0.1) is 20.3 Å². The van der Waals surface area contributed by atoms with Crippen LogP contribution in [0.2, 0.25) is 0 Å². The average molecular weight is 346 g/mol. The summed E-state index contributed by atoms with van der Waals surface area (Å²) in [7, 11) is 1.51. The maximum atomic E-state index is 14.3. The Morgan fingerprint density at radius 1 is 1.24 bits per heavy atom. The molecule has 1 saturated heterocycles. The zero-order valence-electron chi connectivity index (χ0n) is 13.8. The van der Waals surface area contributed by atoms with E-state index in [1.807, 2.05) is 0 Å². The minimum absolute atomic E-state index is 0.0432. The molecule has 1 aliphatic heterocycles. The van der Waals surface area contributed by atoms with E-state index in [9.17, 15) is 9.18 Å². The minimum Gasteiger partial charge on any atom is -0.493 e. The number of rotatable bonds is 5. The Balaban J connectivity index is 1.69. The Hall–Kier alpha value is -2.64. The van der Waals surface area contributed by atoms with Gasteiger partial charge in [-0.15, -0.1) is 0 Å². The number of ether oxygens (including phenoxy) is 3. The van der Waals surface area contributed by atoms with Crippen LogP contribution in [0.1, 0.15) is 0 Å². The van der Waals surface area contributed by atoms with Crippen molar-refractivity contribution in [1.29, 1.82) is 0 Å². The van der Waals surface area contributed by atoms with Crippen molar-refractivity contribution in [2.45, 2.75) is 6.04 Å². The quantitative estimate of drug-likeness (QED) is 0.871. The number of nitrogens with one attached hydrogen (secondary N) is 2. The van der Waals surface area contributed by atoms with Gasteiger partial charge in [0, 0.05) is 18.3 Å². The normalized spacial score (nSPS) is 17.0. The monoisotopic (exact) mass is 346 g/mol. The van der Waals surface area contributed by atoms with Crippen LogP contribution >= 0.6 is 0 Å². The number of benzene rings is 2. The second kappa shape index (κ2) is 7.96. The van der Waals surface area contributed by atoms with Gasteiger partial charge in [0.2, 0.25) is 5.91 Å². The largest absolute Gasteiger partial charge is 0.493 e. The third-order valence-corrected chi connectivity index (χ3v) is 3.73. The highest BCUT2D eigenvalue weighted by atomic mass is 19.1. The SMILES string of the molecule is COc1ccccc1Oc1ccc(NC(=O)C2COCCN2)cc1F. The molecular weight excluding hydrogens is 327 g/mol. The zero-order valence-corrected chi connectivity index (χ0v) is 13.8. The average Bonchev–Trinajstić information content (AvgIpc) is 2.65.